The van der Waals surface area contributed by atoms with Crippen LogP contribution in [-0.2, 0) is 10.0 Å². The van der Waals surface area contributed by atoms with Crippen LogP contribution in [0.2, 0.25) is 0 Å². The van der Waals surface area contributed by atoms with Crippen molar-refractivity contribution in [2.24, 2.45) is 0 Å². The van der Waals surface area contributed by atoms with Crippen LogP contribution in [0.25, 0.3) is 0 Å². The maximum atomic E-state index is 12.3. The van der Waals surface area contributed by atoms with Gasteiger partial charge in [0.25, 0.3) is 0 Å². The highest BCUT2D eigenvalue weighted by molar-refractivity contribution is 7.89. The topological polar surface area (TPSA) is 64.6 Å². The highest BCUT2D eigenvalue weighted by Crippen LogP contribution is 2.34. The van der Waals surface area contributed by atoms with Crippen LogP contribution in [0.15, 0.2) is 53.4 Å². The van der Waals surface area contributed by atoms with E-state index in [1.165, 1.54) is 0 Å². The Kier molecular flexibility index (Phi) is 3.57. The summed E-state index contributed by atoms with van der Waals surface area (Å²) in [6.45, 7) is 1.99. The van der Waals surface area contributed by atoms with E-state index >= 15 is 0 Å². The molecule has 5 nitrogen and oxygen atoms in total. The van der Waals surface area contributed by atoms with Crippen molar-refractivity contribution in [2.45, 2.75) is 17.9 Å². The molecule has 1 heterocycles. The second-order valence-electron chi connectivity index (χ2n) is 4.77. The van der Waals surface area contributed by atoms with Crippen LogP contribution in [0.3, 0.4) is 0 Å². The molecule has 1 N–H and O–H groups in total. The lowest BCUT2D eigenvalue weighted by atomic mass is 10.1. The van der Waals surface area contributed by atoms with E-state index in [1.54, 1.807) is 49.4 Å². The molecule has 0 spiro atoms. The molecule has 0 saturated heterocycles. The molecule has 1 aliphatic heterocycles. The van der Waals surface area contributed by atoms with Crippen LogP contribution in [0.4, 0.5) is 0 Å². The first-order valence-electron chi connectivity index (χ1n) is 6.53. The van der Waals surface area contributed by atoms with E-state index in [0.717, 1.165) is 5.56 Å². The van der Waals surface area contributed by atoms with Crippen molar-refractivity contribution in [2.75, 3.05) is 6.79 Å². The lowest BCUT2D eigenvalue weighted by Gasteiger charge is -2.15. The van der Waals surface area contributed by atoms with Gasteiger partial charge in [-0.15, -0.1) is 0 Å². The fourth-order valence-corrected chi connectivity index (χ4v) is 3.40. The fraction of sp³-hybridized carbons (Fsp3) is 0.200. The van der Waals surface area contributed by atoms with E-state index in [-0.39, 0.29) is 17.7 Å². The minimum absolute atomic E-state index is 0.197. The maximum absolute atomic E-state index is 12.3. The molecular formula is C15H15NO4S. The molecule has 6 heteroatoms. The first kappa shape index (κ1) is 13.9. The summed E-state index contributed by atoms with van der Waals surface area (Å²) in [6, 6.07) is 13.3. The molecular weight excluding hydrogens is 290 g/mol. The Labute approximate surface area is 123 Å². The van der Waals surface area contributed by atoms with Gasteiger partial charge in [-0.1, -0.05) is 24.3 Å². The molecule has 21 heavy (non-hydrogen) atoms. The zero-order valence-corrected chi connectivity index (χ0v) is 12.3. The van der Waals surface area contributed by atoms with Crippen LogP contribution in [0.1, 0.15) is 18.5 Å². The Bertz CT molecular complexity index is 744. The first-order chi connectivity index (χ1) is 10.1. The normalized spacial score (nSPS) is 14.9. The van der Waals surface area contributed by atoms with Gasteiger partial charge in [-0.3, -0.25) is 0 Å². The summed E-state index contributed by atoms with van der Waals surface area (Å²) in [5.41, 5.74) is 0.818. The second-order valence-corrected chi connectivity index (χ2v) is 6.48. The van der Waals surface area contributed by atoms with Crippen molar-refractivity contribution in [3.05, 3.63) is 54.1 Å². The zero-order chi connectivity index (χ0) is 14.9. The van der Waals surface area contributed by atoms with E-state index in [0.29, 0.717) is 11.5 Å². The lowest BCUT2D eigenvalue weighted by molar-refractivity contribution is 0.174. The zero-order valence-electron chi connectivity index (χ0n) is 11.4. The third kappa shape index (κ3) is 2.86. The smallest absolute Gasteiger partial charge is 0.241 e. The Morgan fingerprint density at radius 3 is 2.52 bits per heavy atom. The van der Waals surface area contributed by atoms with Gasteiger partial charge in [0.05, 0.1) is 4.90 Å². The molecule has 2 aromatic carbocycles. The van der Waals surface area contributed by atoms with Gasteiger partial charge in [-0.05, 0) is 36.8 Å². The van der Waals surface area contributed by atoms with Gasteiger partial charge in [0.1, 0.15) is 0 Å². The number of ether oxygens (including phenoxy) is 2. The van der Waals surface area contributed by atoms with Crippen molar-refractivity contribution < 1.29 is 17.9 Å². The molecule has 0 aliphatic carbocycles. The molecule has 3 rings (SSSR count). The molecule has 1 aliphatic rings. The van der Waals surface area contributed by atoms with Crippen molar-refractivity contribution in [1.29, 1.82) is 0 Å². The van der Waals surface area contributed by atoms with E-state index in [2.05, 4.69) is 4.72 Å². The van der Waals surface area contributed by atoms with Gasteiger partial charge < -0.3 is 9.47 Å². The predicted molar refractivity (Wildman–Crippen MR) is 77.7 cm³/mol. The third-order valence-corrected chi connectivity index (χ3v) is 4.84. The number of benzene rings is 2. The minimum Gasteiger partial charge on any atom is -0.454 e. The quantitative estimate of drug-likeness (QED) is 0.942. The number of rotatable bonds is 4. The first-order valence-corrected chi connectivity index (χ1v) is 8.01. The molecule has 110 valence electrons. The monoisotopic (exact) mass is 305 g/mol. The largest absolute Gasteiger partial charge is 0.454 e. The Morgan fingerprint density at radius 2 is 1.76 bits per heavy atom. The standard InChI is InChI=1S/C15H15NO4S/c1-11(12-7-8-14-15(9-12)20-10-19-14)16-21(17,18)13-5-3-2-4-6-13/h2-9,11,16H,10H2,1H3/t11-/m1/s1. The molecule has 0 amide bonds. The van der Waals surface area contributed by atoms with Gasteiger partial charge in [0.15, 0.2) is 11.5 Å². The lowest BCUT2D eigenvalue weighted by Crippen LogP contribution is -2.26. The third-order valence-electron chi connectivity index (χ3n) is 3.28. The molecule has 0 saturated carbocycles. The van der Waals surface area contributed by atoms with E-state index in [1.807, 2.05) is 6.07 Å². The van der Waals surface area contributed by atoms with Gasteiger partial charge in [0, 0.05) is 6.04 Å². The molecule has 0 aromatic heterocycles. The summed E-state index contributed by atoms with van der Waals surface area (Å²) >= 11 is 0. The molecule has 0 unspecified atom stereocenters. The molecule has 0 bridgehead atoms. The van der Waals surface area contributed by atoms with Crippen molar-refractivity contribution in [1.82, 2.24) is 4.72 Å². The average Bonchev–Trinajstić information content (AvgIpc) is 2.95. The summed E-state index contributed by atoms with van der Waals surface area (Å²) in [7, 11) is -3.54. The van der Waals surface area contributed by atoms with E-state index in [9.17, 15) is 8.42 Å². The SMILES string of the molecule is C[C@@H](NS(=O)(=O)c1ccccc1)c1ccc2c(c1)OCO2. The Morgan fingerprint density at radius 1 is 1.05 bits per heavy atom. The summed E-state index contributed by atoms with van der Waals surface area (Å²) in [5, 5.41) is 0. The summed E-state index contributed by atoms with van der Waals surface area (Å²) in [5.74, 6) is 1.31. The number of nitrogens with one attached hydrogen (secondary N) is 1. The predicted octanol–water partition coefficient (Wildman–Crippen LogP) is 2.45. The van der Waals surface area contributed by atoms with E-state index in [4.69, 9.17) is 9.47 Å². The number of sulfonamides is 1. The Hall–Kier alpha value is -2.05. The van der Waals surface area contributed by atoms with Crippen LogP contribution in [-0.4, -0.2) is 15.2 Å². The highest BCUT2D eigenvalue weighted by atomic mass is 32.2. The maximum Gasteiger partial charge on any atom is 0.241 e. The highest BCUT2D eigenvalue weighted by Gasteiger charge is 2.20. The number of hydrogen-bond acceptors (Lipinski definition) is 4. The van der Waals surface area contributed by atoms with Gasteiger partial charge >= 0.3 is 0 Å². The average molecular weight is 305 g/mol. The van der Waals surface area contributed by atoms with Gasteiger partial charge in [-0.2, -0.15) is 0 Å². The molecule has 2 aromatic rings. The van der Waals surface area contributed by atoms with Crippen LogP contribution in [0.5, 0.6) is 11.5 Å². The molecule has 0 radical (unpaired) electrons. The number of hydrogen-bond donors (Lipinski definition) is 1. The van der Waals surface area contributed by atoms with Gasteiger partial charge in [0.2, 0.25) is 16.8 Å². The van der Waals surface area contributed by atoms with Crippen molar-refractivity contribution >= 4 is 10.0 Å². The summed E-state index contributed by atoms with van der Waals surface area (Å²) < 4.78 is 37.8. The molecule has 0 fully saturated rings. The second kappa shape index (κ2) is 5.38. The summed E-state index contributed by atoms with van der Waals surface area (Å²) in [4.78, 5) is 0.248. The Balaban J connectivity index is 1.82. The van der Waals surface area contributed by atoms with Crippen LogP contribution in [0, 0.1) is 0 Å². The summed E-state index contributed by atoms with van der Waals surface area (Å²) in [6.07, 6.45) is 0. The van der Waals surface area contributed by atoms with E-state index < -0.39 is 10.0 Å². The fourth-order valence-electron chi connectivity index (χ4n) is 2.15. The van der Waals surface area contributed by atoms with Crippen LogP contribution < -0.4 is 14.2 Å². The van der Waals surface area contributed by atoms with Crippen molar-refractivity contribution in [3.8, 4) is 11.5 Å². The van der Waals surface area contributed by atoms with Gasteiger partial charge in [-0.25, -0.2) is 13.1 Å². The minimum atomic E-state index is -3.54. The number of fused-ring (bicyclic) bond motifs is 1. The molecule has 1 atom stereocenters. The van der Waals surface area contributed by atoms with Crippen molar-refractivity contribution in [3.63, 3.8) is 0 Å². The van der Waals surface area contributed by atoms with Crippen LogP contribution >= 0.6 is 0 Å².